The number of hydrogen-bond acceptors (Lipinski definition) is 2. The maximum atomic E-state index is 5.51. The average molecular weight is 865 g/mol. The number of benzene rings is 6. The Bertz CT molecular complexity index is 3000. The van der Waals surface area contributed by atoms with E-state index in [0.717, 1.165) is 72.5 Å². The number of aryl methyl sites for hydroxylation is 1. The number of pyridine rings is 1. The maximum Gasteiger partial charge on any atom is 2.00 e. The molecule has 10 aromatic rings. The molecule has 0 aliphatic heterocycles. The molecule has 0 saturated heterocycles. The molecule has 10 rings (SSSR count). The number of imidazole rings is 1. The minimum absolute atomic E-state index is 0. The summed E-state index contributed by atoms with van der Waals surface area (Å²) in [5, 5.41) is 4.69. The fourth-order valence-corrected chi connectivity index (χ4v) is 7.86. The third-order valence-electron chi connectivity index (χ3n) is 10.4. The van der Waals surface area contributed by atoms with Gasteiger partial charge in [0.05, 0.1) is 11.0 Å². The van der Waals surface area contributed by atoms with Crippen molar-refractivity contribution in [3.63, 3.8) is 0 Å². The minimum Gasteiger partial charge on any atom is -0.656 e. The molecule has 0 fully saturated rings. The van der Waals surface area contributed by atoms with Crippen LogP contribution in [0.3, 0.4) is 0 Å². The summed E-state index contributed by atoms with van der Waals surface area (Å²) in [5.41, 5.74) is 12.6. The number of rotatable bonds is 4. The van der Waals surface area contributed by atoms with Gasteiger partial charge in [-0.1, -0.05) is 117 Å². The molecule has 0 radical (unpaired) electrons. The van der Waals surface area contributed by atoms with Crippen LogP contribution in [0.5, 0.6) is 0 Å². The van der Waals surface area contributed by atoms with Gasteiger partial charge < -0.3 is 9.55 Å². The molecule has 0 bridgehead atoms. The zero-order chi connectivity index (χ0) is 35.1. The van der Waals surface area contributed by atoms with Crippen molar-refractivity contribution in [1.82, 2.24) is 24.1 Å². The molecule has 0 aliphatic rings. The van der Waals surface area contributed by atoms with Crippen molar-refractivity contribution in [2.24, 2.45) is 0 Å². The largest absolute Gasteiger partial charge is 2.00 e. The van der Waals surface area contributed by atoms with Crippen molar-refractivity contribution in [3.8, 4) is 34.0 Å². The first-order chi connectivity index (χ1) is 25.3. The van der Waals surface area contributed by atoms with E-state index in [9.17, 15) is 0 Å². The van der Waals surface area contributed by atoms with Crippen molar-refractivity contribution in [2.45, 2.75) is 33.1 Å². The molecule has 5 nitrogen and oxygen atoms in total. The molecule has 0 saturated carbocycles. The van der Waals surface area contributed by atoms with Gasteiger partial charge in [-0.2, -0.15) is 0 Å². The van der Waals surface area contributed by atoms with Gasteiger partial charge in [0.2, 0.25) is 0 Å². The van der Waals surface area contributed by atoms with Crippen molar-refractivity contribution in [3.05, 3.63) is 157 Å². The molecule has 0 spiro atoms. The Morgan fingerprint density at radius 3 is 2.28 bits per heavy atom. The van der Waals surface area contributed by atoms with Crippen LogP contribution in [0.15, 0.2) is 140 Å². The summed E-state index contributed by atoms with van der Waals surface area (Å²) in [5.74, 6) is 1.73. The molecular formula is C47H35N5Pt. The van der Waals surface area contributed by atoms with Crippen LogP contribution in [-0.2, 0) is 26.5 Å². The molecular weight excluding hydrogens is 830 g/mol. The van der Waals surface area contributed by atoms with Crippen molar-refractivity contribution in [1.29, 1.82) is 0 Å². The Hall–Kier alpha value is -5.77. The summed E-state index contributed by atoms with van der Waals surface area (Å²) in [6, 6.07) is 50.9. The number of hydrogen-bond donors (Lipinski definition) is 0. The van der Waals surface area contributed by atoms with Crippen LogP contribution < -0.4 is 4.98 Å². The number of fused-ring (bicyclic) bond motifs is 7. The van der Waals surface area contributed by atoms with E-state index in [2.05, 4.69) is 164 Å². The van der Waals surface area contributed by atoms with E-state index >= 15 is 0 Å². The Kier molecular flexibility index (Phi) is 7.76. The molecule has 6 heteroatoms. The molecule has 0 amide bonds. The first-order valence-electron chi connectivity index (χ1n) is 17.8. The predicted molar refractivity (Wildman–Crippen MR) is 215 cm³/mol. The van der Waals surface area contributed by atoms with Crippen LogP contribution in [0.1, 0.15) is 31.9 Å². The zero-order valence-electron chi connectivity index (χ0n) is 29.8. The van der Waals surface area contributed by atoms with Gasteiger partial charge in [0.15, 0.2) is 0 Å². The van der Waals surface area contributed by atoms with Crippen LogP contribution in [0.25, 0.3) is 88.7 Å². The van der Waals surface area contributed by atoms with Crippen LogP contribution in [0, 0.1) is 13.0 Å². The van der Waals surface area contributed by atoms with E-state index in [0.29, 0.717) is 0 Å². The second kappa shape index (κ2) is 12.4. The molecule has 4 aromatic heterocycles. The maximum absolute atomic E-state index is 5.51. The standard InChI is InChI=1S/C47H35N5.Pt/c1-29-20-23-36(45-43(29)35-15-8-9-17-38(35)49-45)46-50-44-33(16-12-18-40(44)51(46)32-13-6-5-7-14-32)30-21-24-34-37-28-31(47(2,3)4)22-25-39(37)52(41(34)27-30)42-19-10-11-26-48-42;/h5-26,28H,1-4H3;/q-2;+2. The van der Waals surface area contributed by atoms with Gasteiger partial charge in [0.25, 0.3) is 0 Å². The molecule has 0 atom stereocenters. The number of aromatic nitrogens is 5. The van der Waals surface area contributed by atoms with Crippen molar-refractivity contribution in [2.75, 3.05) is 0 Å². The third-order valence-corrected chi connectivity index (χ3v) is 10.4. The van der Waals surface area contributed by atoms with Crippen LogP contribution in [-0.4, -0.2) is 19.1 Å². The molecule has 0 unspecified atom stereocenters. The average Bonchev–Trinajstić information content (AvgIpc) is 3.85. The Balaban J connectivity index is 0.00000372. The summed E-state index contributed by atoms with van der Waals surface area (Å²) in [6.07, 6.45) is 1.85. The Morgan fingerprint density at radius 1 is 0.660 bits per heavy atom. The van der Waals surface area contributed by atoms with Gasteiger partial charge in [-0.15, -0.1) is 34.8 Å². The predicted octanol–water partition coefficient (Wildman–Crippen LogP) is 11.5. The van der Waals surface area contributed by atoms with E-state index in [1.165, 1.54) is 27.3 Å². The van der Waals surface area contributed by atoms with Crippen molar-refractivity contribution < 1.29 is 21.1 Å². The first-order valence-corrected chi connectivity index (χ1v) is 17.8. The SMILES string of the molecule is Cc1ccc(-c2nc3c(-c4[c-]c5c(cc4)c4cc(C(C)(C)C)ccc4n5-c4ccccn4)cccc3n2-c2ccccc2)c2[n-]c3ccccc3c12.[Pt+2]. The second-order valence-corrected chi connectivity index (χ2v) is 14.7. The monoisotopic (exact) mass is 864 g/mol. The van der Waals surface area contributed by atoms with Gasteiger partial charge in [-0.25, -0.2) is 9.97 Å². The van der Waals surface area contributed by atoms with Crippen LogP contribution in [0.4, 0.5) is 0 Å². The molecule has 0 aliphatic carbocycles. The summed E-state index contributed by atoms with van der Waals surface area (Å²) in [6.45, 7) is 8.95. The van der Waals surface area contributed by atoms with Gasteiger partial charge in [-0.05, 0) is 81.5 Å². The van der Waals surface area contributed by atoms with Crippen LogP contribution in [0.2, 0.25) is 0 Å². The van der Waals surface area contributed by atoms with E-state index in [1.54, 1.807) is 0 Å². The Labute approximate surface area is 322 Å². The number of nitrogens with zero attached hydrogens (tertiary/aromatic N) is 5. The zero-order valence-corrected chi connectivity index (χ0v) is 32.1. The summed E-state index contributed by atoms with van der Waals surface area (Å²) < 4.78 is 4.52. The molecule has 258 valence electrons. The van der Waals surface area contributed by atoms with Crippen LogP contribution >= 0.6 is 0 Å². The minimum atomic E-state index is 0. The fourth-order valence-electron chi connectivity index (χ4n) is 7.86. The van der Waals surface area contributed by atoms with Gasteiger partial charge in [-0.3, -0.25) is 4.57 Å². The Morgan fingerprint density at radius 2 is 1.47 bits per heavy atom. The molecule has 0 N–H and O–H groups in total. The summed E-state index contributed by atoms with van der Waals surface area (Å²) in [7, 11) is 0. The fraction of sp³-hybridized carbons (Fsp3) is 0.106. The van der Waals surface area contributed by atoms with E-state index in [4.69, 9.17) is 15.0 Å². The third kappa shape index (κ3) is 5.17. The summed E-state index contributed by atoms with van der Waals surface area (Å²) >= 11 is 0. The van der Waals surface area contributed by atoms with Gasteiger partial charge >= 0.3 is 21.1 Å². The number of para-hydroxylation sites is 3. The quantitative estimate of drug-likeness (QED) is 0.166. The molecule has 53 heavy (non-hydrogen) atoms. The topological polar surface area (TPSA) is 49.7 Å². The van der Waals surface area contributed by atoms with Gasteiger partial charge in [0.1, 0.15) is 11.6 Å². The first kappa shape index (κ1) is 33.1. The van der Waals surface area contributed by atoms with E-state index in [-0.39, 0.29) is 26.5 Å². The summed E-state index contributed by atoms with van der Waals surface area (Å²) in [4.78, 5) is 15.5. The second-order valence-electron chi connectivity index (χ2n) is 14.7. The van der Waals surface area contributed by atoms with Crippen molar-refractivity contribution >= 4 is 54.6 Å². The molecule has 6 aromatic carbocycles. The molecule has 4 heterocycles. The van der Waals surface area contributed by atoms with E-state index in [1.807, 2.05) is 18.3 Å². The smallest absolute Gasteiger partial charge is 0.656 e. The van der Waals surface area contributed by atoms with E-state index < -0.39 is 0 Å². The normalized spacial score (nSPS) is 12.0. The van der Waals surface area contributed by atoms with Gasteiger partial charge in [0, 0.05) is 23.0 Å².